The predicted molar refractivity (Wildman–Crippen MR) is 83.7 cm³/mol. The second-order valence-corrected chi connectivity index (χ2v) is 6.17. The van der Waals surface area contributed by atoms with Crippen molar-refractivity contribution < 1.29 is 9.90 Å². The lowest BCUT2D eigenvalue weighted by molar-refractivity contribution is 0.0691. The van der Waals surface area contributed by atoms with E-state index in [0.29, 0.717) is 5.92 Å². The number of carboxylic acids is 1. The van der Waals surface area contributed by atoms with Gasteiger partial charge >= 0.3 is 5.97 Å². The number of aromatic nitrogens is 1. The molecule has 20 heavy (non-hydrogen) atoms. The summed E-state index contributed by atoms with van der Waals surface area (Å²) in [6, 6.07) is 0. The van der Waals surface area contributed by atoms with Crippen molar-refractivity contribution in [2.45, 2.75) is 52.4 Å². The van der Waals surface area contributed by atoms with E-state index in [-0.39, 0.29) is 5.69 Å². The van der Waals surface area contributed by atoms with Gasteiger partial charge in [-0.2, -0.15) is 0 Å². The van der Waals surface area contributed by atoms with Crippen molar-refractivity contribution >= 4 is 17.3 Å². The van der Waals surface area contributed by atoms with Crippen LogP contribution in [0.4, 0.5) is 0 Å². The molecule has 1 aromatic rings. The molecule has 0 aliphatic carbocycles. The first-order valence-corrected chi connectivity index (χ1v) is 8.37. The highest BCUT2D eigenvalue weighted by Crippen LogP contribution is 2.21. The van der Waals surface area contributed by atoms with Crippen LogP contribution in [-0.4, -0.2) is 40.6 Å². The highest BCUT2D eigenvalue weighted by molar-refractivity contribution is 7.09. The summed E-state index contributed by atoms with van der Waals surface area (Å²) in [5.41, 5.74) is 0.172. The number of aromatic carboxylic acids is 1. The Kier molecular flexibility index (Phi) is 7.77. The largest absolute Gasteiger partial charge is 0.476 e. The van der Waals surface area contributed by atoms with Crippen LogP contribution in [0, 0.1) is 0 Å². The summed E-state index contributed by atoms with van der Waals surface area (Å²) in [5, 5.41) is 11.5. The van der Waals surface area contributed by atoms with E-state index >= 15 is 0 Å². The third-order valence-corrected chi connectivity index (χ3v) is 4.43. The zero-order valence-corrected chi connectivity index (χ0v) is 13.6. The van der Waals surface area contributed by atoms with Gasteiger partial charge in [0.05, 0.1) is 5.01 Å². The Hall–Kier alpha value is -0.940. The first kappa shape index (κ1) is 17.1. The van der Waals surface area contributed by atoms with E-state index in [9.17, 15) is 4.79 Å². The van der Waals surface area contributed by atoms with Gasteiger partial charge in [0, 0.05) is 17.8 Å². The average molecular weight is 298 g/mol. The van der Waals surface area contributed by atoms with Gasteiger partial charge in [-0.05, 0) is 25.9 Å². The van der Waals surface area contributed by atoms with E-state index in [0.717, 1.165) is 24.6 Å². The second-order valence-electron chi connectivity index (χ2n) is 5.28. The Bertz CT molecular complexity index is 398. The fraction of sp³-hybridized carbons (Fsp3) is 0.733. The van der Waals surface area contributed by atoms with E-state index in [4.69, 9.17) is 5.11 Å². The Morgan fingerprint density at radius 3 is 2.40 bits per heavy atom. The van der Waals surface area contributed by atoms with Crippen LogP contribution in [0.25, 0.3) is 0 Å². The molecule has 0 aromatic carbocycles. The van der Waals surface area contributed by atoms with E-state index < -0.39 is 5.97 Å². The maximum Gasteiger partial charge on any atom is 0.355 e. The number of nitrogens with zero attached hydrogens (tertiary/aromatic N) is 2. The molecule has 0 amide bonds. The molecule has 114 valence electrons. The minimum Gasteiger partial charge on any atom is -0.476 e. The van der Waals surface area contributed by atoms with Gasteiger partial charge in [-0.1, -0.05) is 33.6 Å². The summed E-state index contributed by atoms with van der Waals surface area (Å²) < 4.78 is 0. The van der Waals surface area contributed by atoms with Crippen LogP contribution in [0.3, 0.4) is 0 Å². The average Bonchev–Trinajstić information content (AvgIpc) is 2.91. The minimum absolute atomic E-state index is 0.172. The molecule has 4 nitrogen and oxygen atoms in total. The third-order valence-electron chi connectivity index (χ3n) is 3.35. The van der Waals surface area contributed by atoms with Crippen molar-refractivity contribution in [2.75, 3.05) is 19.6 Å². The highest BCUT2D eigenvalue weighted by atomic mass is 32.1. The second kappa shape index (κ2) is 9.08. The van der Waals surface area contributed by atoms with Crippen molar-refractivity contribution in [3.8, 4) is 0 Å². The van der Waals surface area contributed by atoms with Crippen LogP contribution in [0.15, 0.2) is 5.38 Å². The fourth-order valence-electron chi connectivity index (χ4n) is 2.14. The van der Waals surface area contributed by atoms with Gasteiger partial charge in [0.15, 0.2) is 5.69 Å². The summed E-state index contributed by atoms with van der Waals surface area (Å²) >= 11 is 1.46. The first-order chi connectivity index (χ1) is 9.58. The van der Waals surface area contributed by atoms with Gasteiger partial charge in [0.25, 0.3) is 0 Å². The van der Waals surface area contributed by atoms with Crippen molar-refractivity contribution in [1.29, 1.82) is 0 Å². The van der Waals surface area contributed by atoms with E-state index in [2.05, 4.69) is 30.7 Å². The van der Waals surface area contributed by atoms with Crippen molar-refractivity contribution in [1.82, 2.24) is 9.88 Å². The summed E-state index contributed by atoms with van der Waals surface area (Å²) in [5.74, 6) is -0.643. The number of carbonyl (C=O) groups is 1. The highest BCUT2D eigenvalue weighted by Gasteiger charge is 2.16. The molecule has 0 bridgehead atoms. The summed E-state index contributed by atoms with van der Waals surface area (Å²) in [6.07, 6.45) is 4.85. The van der Waals surface area contributed by atoms with Crippen molar-refractivity contribution in [3.63, 3.8) is 0 Å². The molecule has 0 saturated heterocycles. The number of hydrogen-bond donors (Lipinski definition) is 1. The molecule has 1 unspecified atom stereocenters. The van der Waals surface area contributed by atoms with Crippen LogP contribution >= 0.6 is 11.3 Å². The quantitative estimate of drug-likeness (QED) is 0.713. The number of hydrogen-bond acceptors (Lipinski definition) is 4. The van der Waals surface area contributed by atoms with Crippen LogP contribution in [0.5, 0.6) is 0 Å². The van der Waals surface area contributed by atoms with Crippen LogP contribution in [0.2, 0.25) is 0 Å². The maximum absolute atomic E-state index is 10.9. The van der Waals surface area contributed by atoms with E-state index in [1.54, 1.807) is 5.38 Å². The maximum atomic E-state index is 10.9. The van der Waals surface area contributed by atoms with Gasteiger partial charge in [-0.25, -0.2) is 9.78 Å². The molecule has 0 aliphatic rings. The molecule has 1 N–H and O–H groups in total. The Balaban J connectivity index is 2.58. The number of thiazole rings is 1. The molecule has 5 heteroatoms. The summed E-state index contributed by atoms with van der Waals surface area (Å²) in [7, 11) is 0. The van der Waals surface area contributed by atoms with Gasteiger partial charge in [0.2, 0.25) is 0 Å². The summed E-state index contributed by atoms with van der Waals surface area (Å²) in [4.78, 5) is 17.6. The SMILES string of the molecule is CCCCN(CCCC)CC(C)c1nc(C(=O)O)cs1. The zero-order chi connectivity index (χ0) is 15.0. The molecule has 1 heterocycles. The number of unbranched alkanes of at least 4 members (excludes halogenated alkanes) is 2. The molecule has 0 radical (unpaired) electrons. The molecular weight excluding hydrogens is 272 g/mol. The topological polar surface area (TPSA) is 53.4 Å². The van der Waals surface area contributed by atoms with Crippen LogP contribution in [-0.2, 0) is 0 Å². The molecule has 1 aromatic heterocycles. The lowest BCUT2D eigenvalue weighted by Crippen LogP contribution is -2.30. The molecule has 1 atom stereocenters. The molecule has 0 aliphatic heterocycles. The monoisotopic (exact) mass is 298 g/mol. The number of carboxylic acid groups (broad SMARTS) is 1. The zero-order valence-electron chi connectivity index (χ0n) is 12.8. The van der Waals surface area contributed by atoms with Gasteiger partial charge in [0.1, 0.15) is 0 Å². The minimum atomic E-state index is -0.937. The Labute approximate surface area is 125 Å². The third kappa shape index (κ3) is 5.59. The van der Waals surface area contributed by atoms with Crippen LogP contribution < -0.4 is 0 Å². The predicted octanol–water partition coefficient (Wildman–Crippen LogP) is 3.85. The van der Waals surface area contributed by atoms with E-state index in [1.807, 2.05) is 0 Å². The normalized spacial score (nSPS) is 12.8. The molecule has 0 fully saturated rings. The van der Waals surface area contributed by atoms with Crippen LogP contribution in [0.1, 0.15) is 67.9 Å². The molecule has 1 rings (SSSR count). The smallest absolute Gasteiger partial charge is 0.355 e. The van der Waals surface area contributed by atoms with Crippen molar-refractivity contribution in [2.24, 2.45) is 0 Å². The van der Waals surface area contributed by atoms with Gasteiger partial charge in [-0.15, -0.1) is 11.3 Å². The summed E-state index contributed by atoms with van der Waals surface area (Å²) in [6.45, 7) is 9.76. The molecule has 0 saturated carbocycles. The molecular formula is C15H26N2O2S. The Morgan fingerprint density at radius 2 is 1.95 bits per heavy atom. The van der Waals surface area contributed by atoms with Gasteiger partial charge in [-0.3, -0.25) is 0 Å². The lowest BCUT2D eigenvalue weighted by Gasteiger charge is -2.24. The van der Waals surface area contributed by atoms with Gasteiger partial charge < -0.3 is 10.0 Å². The Morgan fingerprint density at radius 1 is 1.35 bits per heavy atom. The molecule has 0 spiro atoms. The first-order valence-electron chi connectivity index (χ1n) is 7.49. The van der Waals surface area contributed by atoms with Crippen molar-refractivity contribution in [3.05, 3.63) is 16.1 Å². The van der Waals surface area contributed by atoms with E-state index in [1.165, 1.54) is 37.0 Å². The number of rotatable bonds is 10. The fourth-order valence-corrected chi connectivity index (χ4v) is 2.98. The lowest BCUT2D eigenvalue weighted by atomic mass is 10.1. The standard InChI is InChI=1S/C15H26N2O2S/c1-4-6-8-17(9-7-5-2)10-12(3)14-16-13(11-20-14)15(18)19/h11-12H,4-10H2,1-3H3,(H,18,19).